The minimum absolute atomic E-state index is 0.0318. The summed E-state index contributed by atoms with van der Waals surface area (Å²) in [4.78, 5) is 26.6. The van der Waals surface area contributed by atoms with Crippen LogP contribution in [0.25, 0.3) is 0 Å². The number of benzene rings is 3. The van der Waals surface area contributed by atoms with Gasteiger partial charge in [0.05, 0.1) is 16.9 Å². The van der Waals surface area contributed by atoms with Gasteiger partial charge in [-0.05, 0) is 65.1 Å². The smallest absolute Gasteiger partial charge is 0.433 e. The fourth-order valence-electron chi connectivity index (χ4n) is 4.10. The van der Waals surface area contributed by atoms with Crippen LogP contribution >= 0.6 is 22.6 Å². The van der Waals surface area contributed by atoms with Crippen LogP contribution in [0.15, 0.2) is 48.5 Å². The summed E-state index contributed by atoms with van der Waals surface area (Å²) in [6.07, 6.45) is -17.2. The number of ether oxygens (including phenoxy) is 3. The predicted octanol–water partition coefficient (Wildman–Crippen LogP) is 8.17. The number of halogens is 13. The predicted molar refractivity (Wildman–Crippen MR) is 140 cm³/mol. The fraction of sp³-hybridized carbons (Fsp3) is 0.231. The molecule has 0 atom stereocenters. The van der Waals surface area contributed by atoms with Gasteiger partial charge in [0.2, 0.25) is 0 Å². The molecular weight excluding hydrogens is 775 g/mol. The van der Waals surface area contributed by atoms with Crippen LogP contribution in [0, 0.1) is 9.39 Å². The lowest BCUT2D eigenvalue weighted by atomic mass is 9.93. The Balaban J connectivity index is 1.68. The highest BCUT2D eigenvalue weighted by molar-refractivity contribution is 14.1. The van der Waals surface area contributed by atoms with Gasteiger partial charge in [-0.25, -0.2) is 8.78 Å². The SMILES string of the molecule is CN(C(=O)c1ccc2c(c1)OC(F)(F)O2)c1cccc(C(=O)Nc2c(I)cc(C(F)(C(F)(F)F)C(F)(F)F)cc2OC(F)F)c1F. The Hall–Kier alpha value is -4.11. The van der Waals surface area contributed by atoms with Crippen LogP contribution in [0.3, 0.4) is 0 Å². The molecule has 0 fully saturated rings. The van der Waals surface area contributed by atoms with Gasteiger partial charge in [0.1, 0.15) is 0 Å². The maximum atomic E-state index is 15.5. The molecule has 248 valence electrons. The standard InChI is InChI=1S/C26H13F12IN2O5/c1-41(21(43)10-5-6-15-16(7-10)46-26(37,38)45-15)14-4-2-3-12(18(14)27)20(42)40-19-13(39)8-11(9-17(19)44-22(28)29)23(30,24(31,32)33)25(34,35)36/h2-9,22H,1H3,(H,40,42). The molecule has 1 heterocycles. The van der Waals surface area contributed by atoms with E-state index in [2.05, 4.69) is 14.2 Å². The normalized spacial score (nSPS) is 14.3. The van der Waals surface area contributed by atoms with Crippen molar-refractivity contribution in [3.8, 4) is 17.2 Å². The molecule has 4 rings (SSSR count). The minimum Gasteiger partial charge on any atom is -0.433 e. The molecule has 0 bridgehead atoms. The molecule has 3 aromatic carbocycles. The van der Waals surface area contributed by atoms with Crippen LogP contribution in [0.5, 0.6) is 17.2 Å². The topological polar surface area (TPSA) is 77.1 Å². The molecule has 1 aliphatic rings. The molecule has 0 spiro atoms. The zero-order valence-corrected chi connectivity index (χ0v) is 24.3. The van der Waals surface area contributed by atoms with E-state index in [1.165, 1.54) is 0 Å². The minimum atomic E-state index is -6.61. The fourth-order valence-corrected chi connectivity index (χ4v) is 4.83. The van der Waals surface area contributed by atoms with Crippen LogP contribution in [0.1, 0.15) is 26.3 Å². The molecule has 7 nitrogen and oxygen atoms in total. The van der Waals surface area contributed by atoms with Gasteiger partial charge < -0.3 is 24.4 Å². The summed E-state index contributed by atoms with van der Waals surface area (Å²) in [5.41, 5.74) is -11.1. The molecule has 0 saturated carbocycles. The summed E-state index contributed by atoms with van der Waals surface area (Å²) in [6.45, 7) is -3.89. The van der Waals surface area contributed by atoms with E-state index < -0.39 is 91.9 Å². The highest BCUT2D eigenvalue weighted by Crippen LogP contribution is 2.54. The van der Waals surface area contributed by atoms with Crippen LogP contribution in [0.2, 0.25) is 0 Å². The van der Waals surface area contributed by atoms with Crippen molar-refractivity contribution in [2.75, 3.05) is 17.3 Å². The van der Waals surface area contributed by atoms with Crippen molar-refractivity contribution in [2.45, 2.75) is 30.9 Å². The number of hydrogen-bond acceptors (Lipinski definition) is 5. The summed E-state index contributed by atoms with van der Waals surface area (Å²) in [6, 6.07) is 5.33. The zero-order valence-electron chi connectivity index (χ0n) is 22.1. The average Bonchev–Trinajstić information content (AvgIpc) is 3.24. The third-order valence-corrected chi connectivity index (χ3v) is 7.08. The van der Waals surface area contributed by atoms with Crippen LogP contribution in [0.4, 0.5) is 64.1 Å². The summed E-state index contributed by atoms with van der Waals surface area (Å²) >= 11 is 1.01. The average molecular weight is 788 g/mol. The summed E-state index contributed by atoms with van der Waals surface area (Å²) in [5, 5.41) is 1.83. The van der Waals surface area contributed by atoms with Crippen molar-refractivity contribution in [1.82, 2.24) is 0 Å². The van der Waals surface area contributed by atoms with E-state index in [0.29, 0.717) is 4.90 Å². The molecule has 46 heavy (non-hydrogen) atoms. The maximum Gasteiger partial charge on any atom is 0.586 e. The van der Waals surface area contributed by atoms with Gasteiger partial charge in [0.25, 0.3) is 11.8 Å². The molecule has 20 heteroatoms. The van der Waals surface area contributed by atoms with Crippen LogP contribution in [-0.4, -0.2) is 44.1 Å². The number of carbonyl (C=O) groups excluding carboxylic acids is 2. The Morgan fingerprint density at radius 2 is 1.54 bits per heavy atom. The first kappa shape index (κ1) is 34.8. The Bertz CT molecular complexity index is 1680. The third-order valence-electron chi connectivity index (χ3n) is 6.22. The van der Waals surface area contributed by atoms with Gasteiger partial charge >= 0.3 is 30.9 Å². The quantitative estimate of drug-likeness (QED) is 0.193. The lowest BCUT2D eigenvalue weighted by Crippen LogP contribution is -2.50. The molecule has 0 radical (unpaired) electrons. The Kier molecular flexibility index (Phi) is 9.00. The second-order valence-corrected chi connectivity index (χ2v) is 10.3. The lowest BCUT2D eigenvalue weighted by Gasteiger charge is -2.31. The summed E-state index contributed by atoms with van der Waals surface area (Å²) in [5.74, 6) is -6.42. The molecule has 2 amide bonds. The highest BCUT2D eigenvalue weighted by atomic mass is 127. The number of alkyl halides is 11. The first-order valence-corrected chi connectivity index (χ1v) is 13.0. The number of nitrogens with one attached hydrogen (secondary N) is 1. The molecule has 0 aliphatic carbocycles. The van der Waals surface area contributed by atoms with Crippen molar-refractivity contribution in [1.29, 1.82) is 0 Å². The lowest BCUT2D eigenvalue weighted by molar-refractivity contribution is -0.348. The van der Waals surface area contributed by atoms with E-state index >= 15 is 4.39 Å². The van der Waals surface area contributed by atoms with E-state index in [0.717, 1.165) is 66.0 Å². The zero-order chi connectivity index (χ0) is 34.6. The van der Waals surface area contributed by atoms with Crippen LogP contribution in [-0.2, 0) is 5.67 Å². The number of carbonyl (C=O) groups is 2. The van der Waals surface area contributed by atoms with E-state index in [1.807, 2.05) is 5.32 Å². The Morgan fingerprint density at radius 1 is 0.935 bits per heavy atom. The summed E-state index contributed by atoms with van der Waals surface area (Å²) < 4.78 is 174. The third kappa shape index (κ3) is 6.43. The number of rotatable bonds is 7. The maximum absolute atomic E-state index is 15.5. The van der Waals surface area contributed by atoms with Gasteiger partial charge in [-0.3, -0.25) is 9.59 Å². The Morgan fingerprint density at radius 3 is 2.13 bits per heavy atom. The van der Waals surface area contributed by atoms with Crippen molar-refractivity contribution in [3.63, 3.8) is 0 Å². The van der Waals surface area contributed by atoms with E-state index in [9.17, 15) is 57.9 Å². The Labute approximate surface area is 262 Å². The largest absolute Gasteiger partial charge is 0.586 e. The monoisotopic (exact) mass is 788 g/mol. The molecular formula is C26H13F12IN2O5. The molecule has 3 aromatic rings. The van der Waals surface area contributed by atoms with Crippen molar-refractivity contribution in [2.24, 2.45) is 0 Å². The molecule has 0 aromatic heterocycles. The first-order valence-electron chi connectivity index (χ1n) is 12.0. The van der Waals surface area contributed by atoms with Gasteiger partial charge in [0, 0.05) is 21.7 Å². The second-order valence-electron chi connectivity index (χ2n) is 9.15. The van der Waals surface area contributed by atoms with Crippen molar-refractivity contribution in [3.05, 3.63) is 74.6 Å². The number of nitrogens with zero attached hydrogens (tertiary/aromatic N) is 1. The molecule has 1 aliphatic heterocycles. The summed E-state index contributed by atoms with van der Waals surface area (Å²) in [7, 11) is 1.02. The van der Waals surface area contributed by atoms with Crippen molar-refractivity contribution >= 4 is 45.8 Å². The van der Waals surface area contributed by atoms with Crippen LogP contribution < -0.4 is 24.4 Å². The van der Waals surface area contributed by atoms with E-state index in [-0.39, 0.29) is 17.7 Å². The second kappa shape index (κ2) is 11.9. The number of anilines is 2. The first-order chi connectivity index (χ1) is 21.1. The highest BCUT2D eigenvalue weighted by Gasteiger charge is 2.73. The number of amides is 2. The van der Waals surface area contributed by atoms with Gasteiger partial charge in [-0.15, -0.1) is 8.78 Å². The molecule has 0 unspecified atom stereocenters. The van der Waals surface area contributed by atoms with Gasteiger partial charge in [0.15, 0.2) is 23.1 Å². The number of fused-ring (bicyclic) bond motifs is 1. The number of hydrogen-bond donors (Lipinski definition) is 1. The van der Waals surface area contributed by atoms with Crippen molar-refractivity contribution < 1.29 is 76.5 Å². The molecule has 1 N–H and O–H groups in total. The van der Waals surface area contributed by atoms with Gasteiger partial charge in [-0.2, -0.15) is 35.1 Å². The van der Waals surface area contributed by atoms with E-state index in [4.69, 9.17) is 0 Å². The van der Waals surface area contributed by atoms with Gasteiger partial charge in [-0.1, -0.05) is 6.07 Å². The van der Waals surface area contributed by atoms with E-state index in [1.54, 1.807) is 0 Å². The molecule has 0 saturated heterocycles.